The summed E-state index contributed by atoms with van der Waals surface area (Å²) in [5, 5.41) is 0. The molecular weight excluding hydrogens is 252 g/mol. The Bertz CT molecular complexity index is 265. The van der Waals surface area contributed by atoms with Gasteiger partial charge in [0, 0.05) is 13.1 Å². The molecule has 0 aliphatic carbocycles. The molecule has 1 saturated heterocycles. The van der Waals surface area contributed by atoms with Gasteiger partial charge in [-0.25, -0.2) is 0 Å². The lowest BCUT2D eigenvalue weighted by atomic mass is 10.0. The van der Waals surface area contributed by atoms with Crippen LogP contribution in [0.1, 0.15) is 52.9 Å². The molecule has 1 fully saturated rings. The SMILES string of the molecule is CCCN(CCC)CCN1CCCC[C@@H]1C(=O)OCC. The highest BCUT2D eigenvalue weighted by atomic mass is 16.5. The maximum Gasteiger partial charge on any atom is 0.323 e. The van der Waals surface area contributed by atoms with Crippen molar-refractivity contribution in [1.29, 1.82) is 0 Å². The van der Waals surface area contributed by atoms with Crippen LogP contribution >= 0.6 is 0 Å². The van der Waals surface area contributed by atoms with Gasteiger partial charge in [0.2, 0.25) is 0 Å². The van der Waals surface area contributed by atoms with Gasteiger partial charge in [0.05, 0.1) is 6.61 Å². The van der Waals surface area contributed by atoms with Crippen molar-refractivity contribution in [2.24, 2.45) is 0 Å². The number of esters is 1. The number of rotatable bonds is 9. The molecule has 1 rings (SSSR count). The molecule has 0 saturated carbocycles. The quantitative estimate of drug-likeness (QED) is 0.609. The summed E-state index contributed by atoms with van der Waals surface area (Å²) in [6, 6.07) is -0.00574. The highest BCUT2D eigenvalue weighted by molar-refractivity contribution is 5.75. The molecule has 0 aromatic carbocycles. The lowest BCUT2D eigenvalue weighted by Crippen LogP contribution is -2.48. The van der Waals surface area contributed by atoms with Crippen LogP contribution in [0.25, 0.3) is 0 Å². The second kappa shape index (κ2) is 10.2. The Morgan fingerprint density at radius 3 is 2.45 bits per heavy atom. The van der Waals surface area contributed by atoms with Gasteiger partial charge in [-0.2, -0.15) is 0 Å². The maximum absolute atomic E-state index is 12.0. The second-order valence-corrected chi connectivity index (χ2v) is 5.64. The summed E-state index contributed by atoms with van der Waals surface area (Å²) in [6.45, 7) is 12.2. The zero-order chi connectivity index (χ0) is 14.8. The minimum absolute atomic E-state index is 0.00574. The van der Waals surface area contributed by atoms with E-state index in [0.29, 0.717) is 6.61 Å². The minimum atomic E-state index is -0.0234. The predicted molar refractivity (Wildman–Crippen MR) is 82.9 cm³/mol. The molecule has 0 spiro atoms. The first-order chi connectivity index (χ1) is 9.72. The third-order valence-corrected chi connectivity index (χ3v) is 3.96. The van der Waals surface area contributed by atoms with E-state index in [0.717, 1.165) is 45.6 Å². The van der Waals surface area contributed by atoms with Crippen molar-refractivity contribution in [1.82, 2.24) is 9.80 Å². The Morgan fingerprint density at radius 1 is 1.15 bits per heavy atom. The van der Waals surface area contributed by atoms with E-state index in [1.165, 1.54) is 19.3 Å². The summed E-state index contributed by atoms with van der Waals surface area (Å²) >= 11 is 0. The number of likely N-dealkylation sites (tertiary alicyclic amines) is 1. The van der Waals surface area contributed by atoms with Crippen LogP contribution < -0.4 is 0 Å². The average molecular weight is 284 g/mol. The Balaban J connectivity index is 2.46. The smallest absolute Gasteiger partial charge is 0.323 e. The first-order valence-corrected chi connectivity index (χ1v) is 8.35. The number of nitrogens with zero attached hydrogens (tertiary/aromatic N) is 2. The lowest BCUT2D eigenvalue weighted by molar-refractivity contribution is -0.151. The summed E-state index contributed by atoms with van der Waals surface area (Å²) in [7, 11) is 0. The van der Waals surface area contributed by atoms with E-state index >= 15 is 0 Å². The van der Waals surface area contributed by atoms with E-state index < -0.39 is 0 Å². The van der Waals surface area contributed by atoms with Crippen LogP contribution in [0.5, 0.6) is 0 Å². The van der Waals surface area contributed by atoms with Crippen molar-refractivity contribution in [3.05, 3.63) is 0 Å². The van der Waals surface area contributed by atoms with E-state index in [-0.39, 0.29) is 12.0 Å². The number of hydrogen-bond donors (Lipinski definition) is 0. The molecule has 0 bridgehead atoms. The fourth-order valence-corrected chi connectivity index (χ4v) is 3.00. The summed E-state index contributed by atoms with van der Waals surface area (Å²) in [5.41, 5.74) is 0. The first-order valence-electron chi connectivity index (χ1n) is 8.35. The highest BCUT2D eigenvalue weighted by Gasteiger charge is 2.29. The van der Waals surface area contributed by atoms with E-state index in [1.807, 2.05) is 6.92 Å². The predicted octanol–water partition coefficient (Wildman–Crippen LogP) is 2.53. The summed E-state index contributed by atoms with van der Waals surface area (Å²) < 4.78 is 5.22. The van der Waals surface area contributed by atoms with Gasteiger partial charge in [-0.3, -0.25) is 9.69 Å². The molecule has 1 heterocycles. The standard InChI is InChI=1S/C16H32N2O2/c1-4-10-17(11-5-2)13-14-18-12-8-7-9-15(18)16(19)20-6-3/h15H,4-14H2,1-3H3/t15-/m1/s1. The van der Waals surface area contributed by atoms with Crippen LogP contribution in [0, 0.1) is 0 Å². The molecule has 0 aromatic heterocycles. The molecule has 0 N–H and O–H groups in total. The van der Waals surface area contributed by atoms with Crippen LogP contribution in [-0.2, 0) is 9.53 Å². The fraction of sp³-hybridized carbons (Fsp3) is 0.938. The third-order valence-electron chi connectivity index (χ3n) is 3.96. The molecule has 4 heteroatoms. The second-order valence-electron chi connectivity index (χ2n) is 5.64. The molecule has 118 valence electrons. The van der Waals surface area contributed by atoms with Gasteiger partial charge < -0.3 is 9.64 Å². The van der Waals surface area contributed by atoms with Crippen LogP contribution in [-0.4, -0.2) is 61.1 Å². The average Bonchev–Trinajstić information content (AvgIpc) is 2.46. The Morgan fingerprint density at radius 2 is 1.85 bits per heavy atom. The molecule has 1 aliphatic heterocycles. The molecular formula is C16H32N2O2. The largest absolute Gasteiger partial charge is 0.465 e. The Hall–Kier alpha value is -0.610. The number of hydrogen-bond acceptors (Lipinski definition) is 4. The van der Waals surface area contributed by atoms with Crippen molar-refractivity contribution in [3.8, 4) is 0 Å². The first kappa shape index (κ1) is 17.4. The Labute approximate surface area is 124 Å². The number of piperidine rings is 1. The van der Waals surface area contributed by atoms with Gasteiger partial charge in [0.1, 0.15) is 6.04 Å². The molecule has 0 radical (unpaired) electrons. The molecule has 20 heavy (non-hydrogen) atoms. The summed E-state index contributed by atoms with van der Waals surface area (Å²) in [5.74, 6) is -0.0234. The minimum Gasteiger partial charge on any atom is -0.465 e. The normalized spacial score (nSPS) is 20.3. The Kier molecular flexibility index (Phi) is 8.86. The van der Waals surface area contributed by atoms with E-state index in [2.05, 4.69) is 23.6 Å². The summed E-state index contributed by atoms with van der Waals surface area (Å²) in [4.78, 5) is 16.9. The molecule has 0 amide bonds. The zero-order valence-corrected chi connectivity index (χ0v) is 13.6. The van der Waals surface area contributed by atoms with E-state index in [4.69, 9.17) is 4.74 Å². The molecule has 1 atom stereocenters. The van der Waals surface area contributed by atoms with Gasteiger partial charge in [0.25, 0.3) is 0 Å². The van der Waals surface area contributed by atoms with Gasteiger partial charge in [-0.05, 0) is 52.2 Å². The molecule has 4 nitrogen and oxygen atoms in total. The van der Waals surface area contributed by atoms with Crippen molar-refractivity contribution >= 4 is 5.97 Å². The zero-order valence-electron chi connectivity index (χ0n) is 13.6. The fourth-order valence-electron chi connectivity index (χ4n) is 3.00. The lowest BCUT2D eigenvalue weighted by Gasteiger charge is -2.35. The number of carbonyl (C=O) groups excluding carboxylic acids is 1. The monoisotopic (exact) mass is 284 g/mol. The molecule has 1 aliphatic rings. The van der Waals surface area contributed by atoms with Gasteiger partial charge in [-0.1, -0.05) is 20.3 Å². The third kappa shape index (κ3) is 5.80. The number of carbonyl (C=O) groups is 1. The van der Waals surface area contributed by atoms with Crippen molar-refractivity contribution in [2.75, 3.05) is 39.3 Å². The summed E-state index contributed by atoms with van der Waals surface area (Å²) in [6.07, 6.45) is 5.70. The maximum atomic E-state index is 12.0. The van der Waals surface area contributed by atoms with E-state index in [1.54, 1.807) is 0 Å². The van der Waals surface area contributed by atoms with Gasteiger partial charge >= 0.3 is 5.97 Å². The van der Waals surface area contributed by atoms with Crippen molar-refractivity contribution in [2.45, 2.75) is 58.9 Å². The number of ether oxygens (including phenoxy) is 1. The van der Waals surface area contributed by atoms with Crippen molar-refractivity contribution in [3.63, 3.8) is 0 Å². The van der Waals surface area contributed by atoms with Gasteiger partial charge in [0.15, 0.2) is 0 Å². The van der Waals surface area contributed by atoms with Gasteiger partial charge in [-0.15, -0.1) is 0 Å². The van der Waals surface area contributed by atoms with Crippen molar-refractivity contribution < 1.29 is 9.53 Å². The molecule has 0 unspecified atom stereocenters. The van der Waals surface area contributed by atoms with Crippen LogP contribution in [0.3, 0.4) is 0 Å². The van der Waals surface area contributed by atoms with Crippen LogP contribution in [0.2, 0.25) is 0 Å². The topological polar surface area (TPSA) is 32.8 Å². The van der Waals surface area contributed by atoms with Crippen LogP contribution in [0.4, 0.5) is 0 Å². The highest BCUT2D eigenvalue weighted by Crippen LogP contribution is 2.18. The van der Waals surface area contributed by atoms with E-state index in [9.17, 15) is 4.79 Å². The van der Waals surface area contributed by atoms with Crippen LogP contribution in [0.15, 0.2) is 0 Å². The molecule has 0 aromatic rings.